The predicted octanol–water partition coefficient (Wildman–Crippen LogP) is 4.76. The zero-order chi connectivity index (χ0) is 25.2. The molecule has 0 aliphatic rings. The molecule has 5 rings (SSSR count). The van der Waals surface area contributed by atoms with Gasteiger partial charge in [0.15, 0.2) is 5.82 Å². The molecular formula is C26H25N7O2S. The number of rotatable bonds is 7. The van der Waals surface area contributed by atoms with Gasteiger partial charge in [0.1, 0.15) is 11.6 Å². The van der Waals surface area contributed by atoms with Crippen LogP contribution in [0.5, 0.6) is 0 Å². The molecule has 0 spiro atoms. The SMILES string of the molecule is Cc1ccc(C)c(-c2cc(NC(=O)CSc3nnc(-c4ccoc4C)n3N)n(-c3ccccc3)n2)c1. The minimum Gasteiger partial charge on any atom is -0.469 e. The van der Waals surface area contributed by atoms with Gasteiger partial charge in [0.05, 0.1) is 29.0 Å². The Labute approximate surface area is 212 Å². The summed E-state index contributed by atoms with van der Waals surface area (Å²) in [6.45, 7) is 5.92. The molecule has 0 atom stereocenters. The molecule has 0 aliphatic carbocycles. The third-order valence-electron chi connectivity index (χ3n) is 5.74. The number of nitrogens with one attached hydrogen (secondary N) is 1. The summed E-state index contributed by atoms with van der Waals surface area (Å²) in [6.07, 6.45) is 1.57. The van der Waals surface area contributed by atoms with Gasteiger partial charge in [-0.3, -0.25) is 4.79 Å². The molecule has 3 aromatic heterocycles. The van der Waals surface area contributed by atoms with Gasteiger partial charge in [-0.1, -0.05) is 47.7 Å². The first kappa shape index (κ1) is 23.4. The first-order chi connectivity index (χ1) is 17.4. The number of carbonyl (C=O) groups is 1. The number of hydrogen-bond acceptors (Lipinski definition) is 7. The fraction of sp³-hybridized carbons (Fsp3) is 0.154. The van der Waals surface area contributed by atoms with Crippen LogP contribution in [0.25, 0.3) is 28.3 Å². The molecule has 3 heterocycles. The highest BCUT2D eigenvalue weighted by atomic mass is 32.2. The number of thioether (sulfide) groups is 1. The van der Waals surface area contributed by atoms with Crippen LogP contribution in [-0.4, -0.2) is 36.3 Å². The topological polar surface area (TPSA) is 117 Å². The van der Waals surface area contributed by atoms with Crippen molar-refractivity contribution in [3.63, 3.8) is 0 Å². The largest absolute Gasteiger partial charge is 0.469 e. The van der Waals surface area contributed by atoms with E-state index in [2.05, 4.69) is 33.7 Å². The number of nitrogens with zero attached hydrogens (tertiary/aromatic N) is 5. The van der Waals surface area contributed by atoms with Crippen molar-refractivity contribution in [2.24, 2.45) is 0 Å². The fourth-order valence-electron chi connectivity index (χ4n) is 3.86. The predicted molar refractivity (Wildman–Crippen MR) is 140 cm³/mol. The standard InChI is InChI=1S/C26H25N7O2S/c1-16-9-10-17(2)21(13-16)22-14-23(33(31-22)19-7-5-4-6-8-19)28-24(34)15-36-26-30-29-25(32(26)27)20-11-12-35-18(20)3/h4-14H,15,27H2,1-3H3,(H,28,34). The molecule has 10 heteroatoms. The number of carbonyl (C=O) groups excluding carboxylic acids is 1. The molecule has 0 fully saturated rings. The average molecular weight is 500 g/mol. The lowest BCUT2D eigenvalue weighted by Gasteiger charge is -2.08. The smallest absolute Gasteiger partial charge is 0.236 e. The second-order valence-corrected chi connectivity index (χ2v) is 9.33. The average Bonchev–Trinajstić information content (AvgIpc) is 3.58. The third kappa shape index (κ3) is 4.63. The first-order valence-corrected chi connectivity index (χ1v) is 12.3. The Morgan fingerprint density at radius 2 is 1.83 bits per heavy atom. The quantitative estimate of drug-likeness (QED) is 0.245. The van der Waals surface area contributed by atoms with E-state index in [4.69, 9.17) is 15.4 Å². The number of aromatic nitrogens is 5. The lowest BCUT2D eigenvalue weighted by Crippen LogP contribution is -2.18. The molecule has 182 valence electrons. The fourth-order valence-corrected chi connectivity index (χ4v) is 4.52. The van der Waals surface area contributed by atoms with Crippen molar-refractivity contribution >= 4 is 23.5 Å². The van der Waals surface area contributed by atoms with Crippen molar-refractivity contribution in [3.05, 3.63) is 83.8 Å². The molecule has 3 N–H and O–H groups in total. The molecule has 5 aromatic rings. The van der Waals surface area contributed by atoms with Gasteiger partial charge in [0, 0.05) is 11.6 Å². The summed E-state index contributed by atoms with van der Waals surface area (Å²) in [7, 11) is 0. The van der Waals surface area contributed by atoms with Crippen LogP contribution in [0.1, 0.15) is 16.9 Å². The molecule has 0 saturated heterocycles. The summed E-state index contributed by atoms with van der Waals surface area (Å²) >= 11 is 1.20. The van der Waals surface area contributed by atoms with Crippen LogP contribution >= 0.6 is 11.8 Å². The molecule has 1 amide bonds. The van der Waals surface area contributed by atoms with Crippen molar-refractivity contribution in [1.29, 1.82) is 0 Å². The Hall–Kier alpha value is -4.31. The minimum atomic E-state index is -0.214. The van der Waals surface area contributed by atoms with Crippen molar-refractivity contribution in [2.75, 3.05) is 16.9 Å². The van der Waals surface area contributed by atoms with Crippen LogP contribution in [0, 0.1) is 20.8 Å². The maximum absolute atomic E-state index is 13.0. The number of nitrogen functional groups attached to an aromatic ring is 1. The van der Waals surface area contributed by atoms with Gasteiger partial charge in [-0.15, -0.1) is 10.2 Å². The van der Waals surface area contributed by atoms with Gasteiger partial charge in [0.2, 0.25) is 11.1 Å². The van der Waals surface area contributed by atoms with Gasteiger partial charge < -0.3 is 15.6 Å². The summed E-state index contributed by atoms with van der Waals surface area (Å²) < 4.78 is 8.43. The van der Waals surface area contributed by atoms with E-state index >= 15 is 0 Å². The first-order valence-electron chi connectivity index (χ1n) is 11.3. The molecule has 9 nitrogen and oxygen atoms in total. The van der Waals surface area contributed by atoms with Crippen molar-refractivity contribution in [2.45, 2.75) is 25.9 Å². The Morgan fingerprint density at radius 3 is 2.58 bits per heavy atom. The number of anilines is 1. The highest BCUT2D eigenvalue weighted by Gasteiger charge is 2.18. The molecular weight excluding hydrogens is 474 g/mol. The molecule has 0 saturated carbocycles. The van der Waals surface area contributed by atoms with Crippen LogP contribution in [0.4, 0.5) is 5.82 Å². The summed E-state index contributed by atoms with van der Waals surface area (Å²) in [5.74, 6) is 7.81. The molecule has 0 bridgehead atoms. The summed E-state index contributed by atoms with van der Waals surface area (Å²) in [5, 5.41) is 16.5. The number of amides is 1. The number of para-hydroxylation sites is 1. The lowest BCUT2D eigenvalue weighted by molar-refractivity contribution is -0.113. The van der Waals surface area contributed by atoms with Crippen LogP contribution < -0.4 is 11.2 Å². The van der Waals surface area contributed by atoms with E-state index in [1.54, 1.807) is 17.0 Å². The normalized spacial score (nSPS) is 11.1. The highest BCUT2D eigenvalue weighted by molar-refractivity contribution is 7.99. The summed E-state index contributed by atoms with van der Waals surface area (Å²) in [6, 6.07) is 19.6. The van der Waals surface area contributed by atoms with E-state index in [-0.39, 0.29) is 11.7 Å². The van der Waals surface area contributed by atoms with Gasteiger partial charge in [-0.25, -0.2) is 9.36 Å². The lowest BCUT2D eigenvalue weighted by atomic mass is 10.0. The number of furan rings is 1. The van der Waals surface area contributed by atoms with E-state index in [1.165, 1.54) is 16.4 Å². The second-order valence-electron chi connectivity index (χ2n) is 8.38. The van der Waals surface area contributed by atoms with E-state index in [0.29, 0.717) is 22.6 Å². The summed E-state index contributed by atoms with van der Waals surface area (Å²) in [4.78, 5) is 13.0. The van der Waals surface area contributed by atoms with E-state index in [0.717, 1.165) is 33.6 Å². The Balaban J connectivity index is 1.37. The number of aryl methyl sites for hydroxylation is 3. The highest BCUT2D eigenvalue weighted by Crippen LogP contribution is 2.29. The molecule has 0 unspecified atom stereocenters. The second kappa shape index (κ2) is 9.74. The Morgan fingerprint density at radius 1 is 1.03 bits per heavy atom. The van der Waals surface area contributed by atoms with Gasteiger partial charge in [0.25, 0.3) is 0 Å². The number of benzene rings is 2. The van der Waals surface area contributed by atoms with Crippen LogP contribution in [0.2, 0.25) is 0 Å². The van der Waals surface area contributed by atoms with Gasteiger partial charge >= 0.3 is 0 Å². The van der Waals surface area contributed by atoms with Crippen molar-refractivity contribution in [1.82, 2.24) is 24.7 Å². The van der Waals surface area contributed by atoms with E-state index < -0.39 is 0 Å². The van der Waals surface area contributed by atoms with Crippen LogP contribution in [0.3, 0.4) is 0 Å². The van der Waals surface area contributed by atoms with E-state index in [9.17, 15) is 4.79 Å². The van der Waals surface area contributed by atoms with Crippen LogP contribution in [-0.2, 0) is 4.79 Å². The monoisotopic (exact) mass is 499 g/mol. The molecule has 0 radical (unpaired) electrons. The van der Waals surface area contributed by atoms with E-state index in [1.807, 2.05) is 57.2 Å². The molecule has 0 aliphatic heterocycles. The third-order valence-corrected chi connectivity index (χ3v) is 6.69. The van der Waals surface area contributed by atoms with Crippen molar-refractivity contribution < 1.29 is 9.21 Å². The van der Waals surface area contributed by atoms with Gasteiger partial charge in [-0.05, 0) is 50.6 Å². The maximum Gasteiger partial charge on any atom is 0.236 e. The number of nitrogens with two attached hydrogens (primary N) is 1. The Kier molecular flexibility index (Phi) is 6.34. The van der Waals surface area contributed by atoms with Crippen molar-refractivity contribution in [3.8, 4) is 28.3 Å². The molecule has 36 heavy (non-hydrogen) atoms. The maximum atomic E-state index is 13.0. The Bertz CT molecular complexity index is 1540. The number of hydrogen-bond donors (Lipinski definition) is 2. The summed E-state index contributed by atoms with van der Waals surface area (Å²) in [5.41, 5.74) is 5.66. The zero-order valence-electron chi connectivity index (χ0n) is 20.1. The van der Waals surface area contributed by atoms with Crippen LogP contribution in [0.15, 0.2) is 76.5 Å². The molecule has 2 aromatic carbocycles. The minimum absolute atomic E-state index is 0.0957. The van der Waals surface area contributed by atoms with Gasteiger partial charge in [-0.2, -0.15) is 5.10 Å². The zero-order valence-corrected chi connectivity index (χ0v) is 20.9.